The Morgan fingerprint density at radius 1 is 1.38 bits per heavy atom. The Kier molecular flexibility index (Phi) is 2.00. The van der Waals surface area contributed by atoms with Gasteiger partial charge in [-0.3, -0.25) is 4.79 Å². The summed E-state index contributed by atoms with van der Waals surface area (Å²) in [4.78, 5) is 11.0. The van der Waals surface area contributed by atoms with Crippen molar-refractivity contribution in [2.45, 2.75) is 12.8 Å². The van der Waals surface area contributed by atoms with Crippen molar-refractivity contribution in [1.29, 1.82) is 0 Å². The number of phenolic OH excluding ortho intramolecular Hbond substituents is 1. The number of amides is 1. The van der Waals surface area contributed by atoms with Crippen molar-refractivity contribution in [3.8, 4) is 5.75 Å². The summed E-state index contributed by atoms with van der Waals surface area (Å²) < 4.78 is 0.605. The van der Waals surface area contributed by atoms with Crippen LogP contribution in [-0.4, -0.2) is 11.0 Å². The SMILES string of the molecule is O=C1CCc2cc(O)c(Br)cc2N1. The Bertz CT molecular complexity index is 376. The van der Waals surface area contributed by atoms with E-state index in [-0.39, 0.29) is 11.7 Å². The minimum Gasteiger partial charge on any atom is -0.507 e. The molecule has 1 amide bonds. The highest BCUT2D eigenvalue weighted by Crippen LogP contribution is 2.32. The molecule has 0 atom stereocenters. The Morgan fingerprint density at radius 3 is 2.92 bits per heavy atom. The number of aryl methyl sites for hydroxylation is 1. The maximum atomic E-state index is 11.0. The summed E-state index contributed by atoms with van der Waals surface area (Å²) in [5.74, 6) is 0.250. The summed E-state index contributed by atoms with van der Waals surface area (Å²) in [6.45, 7) is 0. The van der Waals surface area contributed by atoms with Gasteiger partial charge in [0.25, 0.3) is 0 Å². The summed E-state index contributed by atoms with van der Waals surface area (Å²) in [6, 6.07) is 3.40. The van der Waals surface area contributed by atoms with E-state index in [0.29, 0.717) is 17.3 Å². The number of aromatic hydroxyl groups is 1. The molecule has 2 rings (SSSR count). The van der Waals surface area contributed by atoms with E-state index in [1.165, 1.54) is 0 Å². The predicted molar refractivity (Wildman–Crippen MR) is 52.8 cm³/mol. The lowest BCUT2D eigenvalue weighted by Gasteiger charge is -2.17. The van der Waals surface area contributed by atoms with E-state index in [0.717, 1.165) is 11.3 Å². The molecule has 1 aliphatic rings. The van der Waals surface area contributed by atoms with Crippen LogP contribution in [0.3, 0.4) is 0 Å². The van der Waals surface area contributed by atoms with E-state index >= 15 is 0 Å². The molecule has 0 saturated carbocycles. The third kappa shape index (κ3) is 1.54. The third-order valence-electron chi connectivity index (χ3n) is 2.07. The van der Waals surface area contributed by atoms with Gasteiger partial charge >= 0.3 is 0 Å². The van der Waals surface area contributed by atoms with Gasteiger partial charge in [0.05, 0.1) is 4.47 Å². The smallest absolute Gasteiger partial charge is 0.224 e. The number of anilines is 1. The Balaban J connectivity index is 2.49. The van der Waals surface area contributed by atoms with Gasteiger partial charge in [0, 0.05) is 12.1 Å². The number of hydrogen-bond donors (Lipinski definition) is 2. The highest BCUT2D eigenvalue weighted by atomic mass is 79.9. The van der Waals surface area contributed by atoms with Gasteiger partial charge in [-0.2, -0.15) is 0 Å². The number of hydrogen-bond acceptors (Lipinski definition) is 2. The maximum absolute atomic E-state index is 11.0. The monoisotopic (exact) mass is 241 g/mol. The number of nitrogens with one attached hydrogen (secondary N) is 1. The molecule has 3 nitrogen and oxygen atoms in total. The molecule has 0 radical (unpaired) electrons. The highest BCUT2D eigenvalue weighted by molar-refractivity contribution is 9.10. The molecule has 0 saturated heterocycles. The van der Waals surface area contributed by atoms with Crippen LogP contribution < -0.4 is 5.32 Å². The first-order valence-electron chi connectivity index (χ1n) is 3.98. The van der Waals surface area contributed by atoms with Crippen LogP contribution in [0.4, 0.5) is 5.69 Å². The zero-order chi connectivity index (χ0) is 9.42. The van der Waals surface area contributed by atoms with Crippen LogP contribution in [0.15, 0.2) is 16.6 Å². The van der Waals surface area contributed by atoms with Gasteiger partial charge < -0.3 is 10.4 Å². The van der Waals surface area contributed by atoms with Crippen molar-refractivity contribution >= 4 is 27.5 Å². The van der Waals surface area contributed by atoms with Gasteiger partial charge in [-0.25, -0.2) is 0 Å². The molecular weight excluding hydrogens is 234 g/mol. The van der Waals surface area contributed by atoms with Gasteiger partial charge in [-0.15, -0.1) is 0 Å². The lowest BCUT2D eigenvalue weighted by Crippen LogP contribution is -2.18. The molecule has 1 heterocycles. The first-order chi connectivity index (χ1) is 6.16. The number of fused-ring (bicyclic) bond motifs is 1. The normalized spacial score (nSPS) is 15.0. The minimum absolute atomic E-state index is 0.0325. The molecule has 13 heavy (non-hydrogen) atoms. The molecule has 0 bridgehead atoms. The van der Waals surface area contributed by atoms with E-state index < -0.39 is 0 Å². The van der Waals surface area contributed by atoms with Crippen LogP contribution in [0.25, 0.3) is 0 Å². The molecule has 0 unspecified atom stereocenters. The maximum Gasteiger partial charge on any atom is 0.224 e. The van der Waals surface area contributed by atoms with Crippen LogP contribution in [-0.2, 0) is 11.2 Å². The summed E-state index contributed by atoms with van der Waals surface area (Å²) in [7, 11) is 0. The van der Waals surface area contributed by atoms with Crippen molar-refractivity contribution in [3.05, 3.63) is 22.2 Å². The third-order valence-corrected chi connectivity index (χ3v) is 2.70. The lowest BCUT2D eigenvalue weighted by atomic mass is 10.0. The largest absolute Gasteiger partial charge is 0.507 e. The molecule has 1 aromatic carbocycles. The van der Waals surface area contributed by atoms with Crippen LogP contribution in [0.2, 0.25) is 0 Å². The zero-order valence-corrected chi connectivity index (χ0v) is 8.39. The van der Waals surface area contributed by atoms with Crippen LogP contribution in [0.1, 0.15) is 12.0 Å². The molecule has 0 spiro atoms. The van der Waals surface area contributed by atoms with Gasteiger partial charge in [0.15, 0.2) is 0 Å². The standard InChI is InChI=1S/C9H8BrNO2/c10-6-4-7-5(3-8(6)12)1-2-9(13)11-7/h3-4,12H,1-2H2,(H,11,13). The first kappa shape index (κ1) is 8.56. The van der Waals surface area contributed by atoms with Crippen LogP contribution >= 0.6 is 15.9 Å². The molecular formula is C9H8BrNO2. The predicted octanol–water partition coefficient (Wildman–Crippen LogP) is 2.04. The number of benzene rings is 1. The van der Waals surface area contributed by atoms with Crippen molar-refractivity contribution in [2.75, 3.05) is 5.32 Å². The fraction of sp³-hybridized carbons (Fsp3) is 0.222. The summed E-state index contributed by atoms with van der Waals surface area (Å²) in [5, 5.41) is 12.1. The average molecular weight is 242 g/mol. The Hall–Kier alpha value is -1.03. The van der Waals surface area contributed by atoms with E-state index in [9.17, 15) is 9.90 Å². The Morgan fingerprint density at radius 2 is 2.15 bits per heavy atom. The van der Waals surface area contributed by atoms with E-state index in [1.807, 2.05) is 0 Å². The van der Waals surface area contributed by atoms with Crippen LogP contribution in [0, 0.1) is 0 Å². The van der Waals surface area contributed by atoms with Crippen molar-refractivity contribution < 1.29 is 9.90 Å². The molecule has 0 fully saturated rings. The second-order valence-corrected chi connectivity index (χ2v) is 3.86. The van der Waals surface area contributed by atoms with Gasteiger partial charge in [-0.1, -0.05) is 0 Å². The highest BCUT2D eigenvalue weighted by Gasteiger charge is 2.16. The molecule has 0 aromatic heterocycles. The van der Waals surface area contributed by atoms with Gasteiger partial charge in [-0.05, 0) is 40.0 Å². The van der Waals surface area contributed by atoms with E-state index in [4.69, 9.17) is 0 Å². The summed E-state index contributed by atoms with van der Waals surface area (Å²) >= 11 is 3.19. The number of halogens is 1. The number of carbonyl (C=O) groups is 1. The molecule has 1 aromatic rings. The number of rotatable bonds is 0. The lowest BCUT2D eigenvalue weighted by molar-refractivity contribution is -0.116. The minimum atomic E-state index is 0.0325. The zero-order valence-electron chi connectivity index (χ0n) is 6.80. The number of phenols is 1. The molecule has 0 aliphatic carbocycles. The summed E-state index contributed by atoms with van der Waals surface area (Å²) in [6.07, 6.45) is 1.19. The number of carbonyl (C=O) groups excluding carboxylic acids is 1. The second-order valence-electron chi connectivity index (χ2n) is 3.01. The van der Waals surface area contributed by atoms with Gasteiger partial charge in [0.1, 0.15) is 5.75 Å². The fourth-order valence-electron chi connectivity index (χ4n) is 1.39. The van der Waals surface area contributed by atoms with Crippen molar-refractivity contribution in [1.82, 2.24) is 0 Å². The Labute approximate surface area is 83.9 Å². The quantitative estimate of drug-likeness (QED) is 0.684. The van der Waals surface area contributed by atoms with E-state index in [2.05, 4.69) is 21.2 Å². The van der Waals surface area contributed by atoms with Crippen LogP contribution in [0.5, 0.6) is 5.75 Å². The molecule has 1 aliphatic heterocycles. The van der Waals surface area contributed by atoms with Crippen molar-refractivity contribution in [2.24, 2.45) is 0 Å². The first-order valence-corrected chi connectivity index (χ1v) is 4.77. The topological polar surface area (TPSA) is 49.3 Å². The second kappa shape index (κ2) is 3.03. The fourth-order valence-corrected chi connectivity index (χ4v) is 1.73. The molecule has 4 heteroatoms. The van der Waals surface area contributed by atoms with E-state index in [1.54, 1.807) is 12.1 Å². The molecule has 68 valence electrons. The average Bonchev–Trinajstić information content (AvgIpc) is 2.08. The molecule has 2 N–H and O–H groups in total. The summed E-state index contributed by atoms with van der Waals surface area (Å²) in [5.41, 5.74) is 1.78. The van der Waals surface area contributed by atoms with Crippen molar-refractivity contribution in [3.63, 3.8) is 0 Å². The van der Waals surface area contributed by atoms with Gasteiger partial charge in [0.2, 0.25) is 5.91 Å².